The van der Waals surface area contributed by atoms with E-state index in [1.54, 1.807) is 0 Å². The van der Waals surface area contributed by atoms with Crippen LogP contribution in [0.25, 0.3) is 0 Å². The topological polar surface area (TPSA) is 89.7 Å². The number of nitrogens with zero attached hydrogens (tertiary/aromatic N) is 1. The van der Waals surface area contributed by atoms with Gasteiger partial charge in [0.25, 0.3) is 0 Å². The smallest absolute Gasteiger partial charge is 0.325 e. The number of nitro groups is 1. The fraction of sp³-hybridized carbons (Fsp3) is 0.235. The number of hydrogen-bond acceptors (Lipinski definition) is 5. The van der Waals surface area contributed by atoms with Crippen molar-refractivity contribution in [3.63, 3.8) is 0 Å². The maximum absolute atomic E-state index is 12.0. The van der Waals surface area contributed by atoms with E-state index in [9.17, 15) is 20.0 Å². The maximum atomic E-state index is 12.0. The van der Waals surface area contributed by atoms with Crippen LogP contribution in [0, 0.1) is 10.1 Å². The highest BCUT2D eigenvalue weighted by atomic mass is 16.6. The molecule has 0 aliphatic heterocycles. The Balaban J connectivity index is 1.99. The molecule has 2 aromatic carbocycles. The number of rotatable bonds is 4. The minimum atomic E-state index is -0.716. The standard InChI is InChI=1S/C17H15NO5/c19-13-8-4-7-12-9-14(17(20)16(15(12)13)18(21)22)23-10-11-5-2-1-3-6-11/h1-3,5-6,9,20H,4,7-8,10H2. The quantitative estimate of drug-likeness (QED) is 0.690. The lowest BCUT2D eigenvalue weighted by atomic mass is 9.88. The van der Waals surface area contributed by atoms with Crippen LogP contribution in [0.15, 0.2) is 36.4 Å². The van der Waals surface area contributed by atoms with Gasteiger partial charge < -0.3 is 9.84 Å². The summed E-state index contributed by atoms with van der Waals surface area (Å²) in [4.78, 5) is 22.6. The number of carbonyl (C=O) groups excluding carboxylic acids is 1. The van der Waals surface area contributed by atoms with E-state index < -0.39 is 16.4 Å². The lowest BCUT2D eigenvalue weighted by Crippen LogP contribution is -2.14. The predicted molar refractivity (Wildman–Crippen MR) is 82.8 cm³/mol. The SMILES string of the molecule is O=C1CCCc2cc(OCc3ccccc3)c(O)c([N+](=O)[O-])c21. The summed E-state index contributed by atoms with van der Waals surface area (Å²) >= 11 is 0. The third kappa shape index (κ3) is 2.88. The average Bonchev–Trinajstić information content (AvgIpc) is 2.54. The largest absolute Gasteiger partial charge is 0.499 e. The van der Waals surface area contributed by atoms with Gasteiger partial charge in [0.15, 0.2) is 11.5 Å². The number of hydrogen-bond donors (Lipinski definition) is 1. The molecule has 6 nitrogen and oxygen atoms in total. The van der Waals surface area contributed by atoms with Crippen molar-refractivity contribution in [3.8, 4) is 11.5 Å². The molecule has 2 aromatic rings. The van der Waals surface area contributed by atoms with Crippen molar-refractivity contribution in [2.75, 3.05) is 0 Å². The van der Waals surface area contributed by atoms with Gasteiger partial charge in [0, 0.05) is 6.42 Å². The van der Waals surface area contributed by atoms with Crippen LogP contribution in [0.1, 0.15) is 34.3 Å². The molecule has 1 aliphatic carbocycles. The van der Waals surface area contributed by atoms with E-state index in [-0.39, 0.29) is 30.1 Å². The lowest BCUT2D eigenvalue weighted by molar-refractivity contribution is -0.386. The Morgan fingerprint density at radius 1 is 1.22 bits per heavy atom. The van der Waals surface area contributed by atoms with E-state index in [2.05, 4.69) is 0 Å². The van der Waals surface area contributed by atoms with Crippen molar-refractivity contribution in [3.05, 3.63) is 63.2 Å². The Morgan fingerprint density at radius 3 is 2.65 bits per heavy atom. The van der Waals surface area contributed by atoms with Crippen LogP contribution >= 0.6 is 0 Å². The third-order valence-corrected chi connectivity index (χ3v) is 3.87. The van der Waals surface area contributed by atoms with Gasteiger partial charge in [-0.15, -0.1) is 0 Å². The summed E-state index contributed by atoms with van der Waals surface area (Å²) < 4.78 is 5.55. The molecule has 0 radical (unpaired) electrons. The number of phenolic OH excluding ortho intramolecular Hbond substituents is 1. The van der Waals surface area contributed by atoms with Crippen LogP contribution < -0.4 is 4.74 Å². The van der Waals surface area contributed by atoms with Gasteiger partial charge in [-0.3, -0.25) is 14.9 Å². The zero-order valence-electron chi connectivity index (χ0n) is 12.3. The van der Waals surface area contributed by atoms with Crippen molar-refractivity contribution >= 4 is 11.5 Å². The van der Waals surface area contributed by atoms with Gasteiger partial charge >= 0.3 is 5.69 Å². The van der Waals surface area contributed by atoms with E-state index in [0.717, 1.165) is 5.56 Å². The summed E-state index contributed by atoms with van der Waals surface area (Å²) in [5.74, 6) is -0.850. The van der Waals surface area contributed by atoms with Crippen molar-refractivity contribution in [1.82, 2.24) is 0 Å². The second-order valence-corrected chi connectivity index (χ2v) is 5.41. The Hall–Kier alpha value is -2.89. The summed E-state index contributed by atoms with van der Waals surface area (Å²) in [5.41, 5.74) is 0.915. The monoisotopic (exact) mass is 313 g/mol. The number of carbonyl (C=O) groups is 1. The molecule has 23 heavy (non-hydrogen) atoms. The highest BCUT2D eigenvalue weighted by Crippen LogP contribution is 2.43. The Morgan fingerprint density at radius 2 is 1.96 bits per heavy atom. The van der Waals surface area contributed by atoms with Crippen molar-refractivity contribution in [2.24, 2.45) is 0 Å². The number of fused-ring (bicyclic) bond motifs is 1. The summed E-state index contributed by atoms with van der Waals surface area (Å²) in [5, 5.41) is 21.5. The number of aromatic hydroxyl groups is 1. The number of nitro benzene ring substituents is 1. The molecule has 0 unspecified atom stereocenters. The zero-order valence-corrected chi connectivity index (χ0v) is 12.3. The summed E-state index contributed by atoms with van der Waals surface area (Å²) in [6.45, 7) is 0.179. The average molecular weight is 313 g/mol. The zero-order chi connectivity index (χ0) is 16.4. The number of Topliss-reactive ketones (excluding diaryl/α,β-unsaturated/α-hetero) is 1. The molecular formula is C17H15NO5. The van der Waals surface area contributed by atoms with E-state index in [1.807, 2.05) is 30.3 Å². The van der Waals surface area contributed by atoms with E-state index in [0.29, 0.717) is 18.4 Å². The molecule has 0 atom stereocenters. The van der Waals surface area contributed by atoms with Gasteiger partial charge in [-0.1, -0.05) is 30.3 Å². The van der Waals surface area contributed by atoms with Crippen LogP contribution in [0.2, 0.25) is 0 Å². The Labute approximate surface area is 132 Å². The number of ether oxygens (including phenoxy) is 1. The molecule has 0 bridgehead atoms. The first-order chi connectivity index (χ1) is 11.1. The van der Waals surface area contributed by atoms with Crippen molar-refractivity contribution in [1.29, 1.82) is 0 Å². The summed E-state index contributed by atoms with van der Waals surface area (Å²) in [6, 6.07) is 10.8. The van der Waals surface area contributed by atoms with Gasteiger partial charge in [0.05, 0.1) is 4.92 Å². The minimum Gasteiger partial charge on any atom is -0.499 e. The number of ketones is 1. The Kier molecular flexibility index (Phi) is 3.97. The number of aryl methyl sites for hydroxylation is 1. The third-order valence-electron chi connectivity index (χ3n) is 3.87. The number of phenols is 1. The van der Waals surface area contributed by atoms with Crippen LogP contribution in [0.4, 0.5) is 5.69 Å². The van der Waals surface area contributed by atoms with Gasteiger partial charge in [0.2, 0.25) is 5.75 Å². The minimum absolute atomic E-state index is 0.0193. The fourth-order valence-electron chi connectivity index (χ4n) is 2.78. The fourth-order valence-corrected chi connectivity index (χ4v) is 2.78. The molecule has 0 fully saturated rings. The molecular weight excluding hydrogens is 298 g/mol. The first kappa shape index (κ1) is 15.0. The predicted octanol–water partition coefficient (Wildman–Crippen LogP) is 3.40. The highest BCUT2D eigenvalue weighted by molar-refractivity contribution is 6.03. The lowest BCUT2D eigenvalue weighted by Gasteiger charge is -2.17. The van der Waals surface area contributed by atoms with Gasteiger partial charge in [0.1, 0.15) is 12.2 Å². The molecule has 118 valence electrons. The number of benzene rings is 2. The summed E-state index contributed by atoms with van der Waals surface area (Å²) in [6.07, 6.45) is 1.47. The highest BCUT2D eigenvalue weighted by Gasteiger charge is 2.33. The van der Waals surface area contributed by atoms with Crippen LogP contribution in [-0.4, -0.2) is 15.8 Å². The second kappa shape index (κ2) is 6.08. The molecule has 3 rings (SSSR count). The van der Waals surface area contributed by atoms with Gasteiger partial charge in [-0.2, -0.15) is 0 Å². The molecule has 1 N–H and O–H groups in total. The molecule has 0 aromatic heterocycles. The second-order valence-electron chi connectivity index (χ2n) is 5.41. The Bertz CT molecular complexity index is 770. The molecule has 0 amide bonds. The molecule has 0 saturated heterocycles. The first-order valence-electron chi connectivity index (χ1n) is 7.31. The maximum Gasteiger partial charge on any atom is 0.325 e. The normalized spacial score (nSPS) is 13.5. The summed E-state index contributed by atoms with van der Waals surface area (Å²) in [7, 11) is 0. The first-order valence-corrected chi connectivity index (χ1v) is 7.31. The van der Waals surface area contributed by atoms with E-state index in [4.69, 9.17) is 4.74 Å². The molecule has 0 spiro atoms. The van der Waals surface area contributed by atoms with Crippen LogP contribution in [0.3, 0.4) is 0 Å². The molecule has 0 heterocycles. The van der Waals surface area contributed by atoms with Crippen molar-refractivity contribution in [2.45, 2.75) is 25.9 Å². The molecule has 6 heteroatoms. The van der Waals surface area contributed by atoms with E-state index >= 15 is 0 Å². The molecule has 1 aliphatic rings. The van der Waals surface area contributed by atoms with Gasteiger partial charge in [-0.25, -0.2) is 0 Å². The van der Waals surface area contributed by atoms with E-state index in [1.165, 1.54) is 6.07 Å². The van der Waals surface area contributed by atoms with Crippen molar-refractivity contribution < 1.29 is 19.6 Å². The van der Waals surface area contributed by atoms with Crippen LogP contribution in [0.5, 0.6) is 11.5 Å². The van der Waals surface area contributed by atoms with Crippen LogP contribution in [-0.2, 0) is 13.0 Å². The van der Waals surface area contributed by atoms with Gasteiger partial charge in [-0.05, 0) is 30.0 Å². The molecule has 0 saturated carbocycles.